The van der Waals surface area contributed by atoms with E-state index in [1.807, 2.05) is 6.07 Å². The zero-order valence-electron chi connectivity index (χ0n) is 15.1. The summed E-state index contributed by atoms with van der Waals surface area (Å²) in [5, 5.41) is 14.3. The highest BCUT2D eigenvalue weighted by Gasteiger charge is 2.47. The number of para-hydroxylation sites is 1. The fourth-order valence-electron chi connectivity index (χ4n) is 4.71. The van der Waals surface area contributed by atoms with Crippen molar-refractivity contribution in [2.45, 2.75) is 57.2 Å². The first kappa shape index (κ1) is 17.7. The number of likely N-dealkylation sites (tertiary alicyclic amines) is 1. The molecular formula is C20H23N3O4. The van der Waals surface area contributed by atoms with E-state index in [2.05, 4.69) is 5.10 Å². The van der Waals surface area contributed by atoms with E-state index in [-0.39, 0.29) is 23.8 Å². The third-order valence-corrected chi connectivity index (χ3v) is 5.96. The molecule has 1 aromatic carbocycles. The monoisotopic (exact) mass is 369 g/mol. The summed E-state index contributed by atoms with van der Waals surface area (Å²) in [4.78, 5) is 38.2. The van der Waals surface area contributed by atoms with E-state index in [0.29, 0.717) is 29.8 Å². The lowest BCUT2D eigenvalue weighted by molar-refractivity contribution is -0.150. The van der Waals surface area contributed by atoms with Gasteiger partial charge in [-0.2, -0.15) is 5.10 Å². The predicted molar refractivity (Wildman–Crippen MR) is 99.3 cm³/mol. The van der Waals surface area contributed by atoms with E-state index in [0.717, 1.165) is 25.7 Å². The SMILES string of the molecule is O=C(O)[C@@H]1C[C@@H]2CCCC[C@@H]2N1C(=O)CCn1ncc(=O)c2ccccc21. The summed E-state index contributed by atoms with van der Waals surface area (Å²) in [6, 6.07) is 6.50. The Hall–Kier alpha value is -2.70. The van der Waals surface area contributed by atoms with Gasteiger partial charge in [0.15, 0.2) is 0 Å². The Balaban J connectivity index is 1.54. The summed E-state index contributed by atoms with van der Waals surface area (Å²) in [6.45, 7) is 0.319. The number of carboxylic acid groups (broad SMARTS) is 1. The van der Waals surface area contributed by atoms with Crippen molar-refractivity contribution >= 4 is 22.8 Å². The lowest BCUT2D eigenvalue weighted by Gasteiger charge is -2.33. The molecule has 1 N–H and O–H groups in total. The molecule has 1 aromatic heterocycles. The number of aryl methyl sites for hydroxylation is 1. The Morgan fingerprint density at radius 3 is 2.78 bits per heavy atom. The van der Waals surface area contributed by atoms with Crippen molar-refractivity contribution in [3.8, 4) is 0 Å². The minimum absolute atomic E-state index is 0.0473. The molecule has 4 rings (SSSR count). The molecule has 7 heteroatoms. The van der Waals surface area contributed by atoms with E-state index in [9.17, 15) is 19.5 Å². The fraction of sp³-hybridized carbons (Fsp3) is 0.500. The van der Waals surface area contributed by atoms with Crippen molar-refractivity contribution < 1.29 is 14.7 Å². The topological polar surface area (TPSA) is 92.5 Å². The Kier molecular flexibility index (Phi) is 4.68. The number of amides is 1. The molecule has 0 spiro atoms. The number of hydrogen-bond donors (Lipinski definition) is 1. The highest BCUT2D eigenvalue weighted by molar-refractivity contribution is 5.85. The van der Waals surface area contributed by atoms with E-state index in [1.54, 1.807) is 27.8 Å². The summed E-state index contributed by atoms with van der Waals surface area (Å²) >= 11 is 0. The number of fused-ring (bicyclic) bond motifs is 2. The lowest BCUT2D eigenvalue weighted by Crippen LogP contribution is -2.46. The maximum Gasteiger partial charge on any atom is 0.326 e. The average molecular weight is 369 g/mol. The number of hydrogen-bond acceptors (Lipinski definition) is 4. The van der Waals surface area contributed by atoms with Crippen LogP contribution in [0.1, 0.15) is 38.5 Å². The Morgan fingerprint density at radius 2 is 1.96 bits per heavy atom. The molecule has 27 heavy (non-hydrogen) atoms. The third-order valence-electron chi connectivity index (χ3n) is 5.96. The minimum Gasteiger partial charge on any atom is -0.480 e. The molecule has 0 radical (unpaired) electrons. The van der Waals surface area contributed by atoms with Gasteiger partial charge in [-0.15, -0.1) is 0 Å². The first-order valence-corrected chi connectivity index (χ1v) is 9.55. The van der Waals surface area contributed by atoms with E-state index < -0.39 is 12.0 Å². The lowest BCUT2D eigenvalue weighted by atomic mass is 9.84. The van der Waals surface area contributed by atoms with Gasteiger partial charge in [0.05, 0.1) is 18.3 Å². The van der Waals surface area contributed by atoms with Crippen molar-refractivity contribution in [2.24, 2.45) is 5.92 Å². The Labute approximate surface area is 156 Å². The van der Waals surface area contributed by atoms with E-state index in [1.165, 1.54) is 6.20 Å². The quantitative estimate of drug-likeness (QED) is 0.890. The van der Waals surface area contributed by atoms with Gasteiger partial charge >= 0.3 is 5.97 Å². The maximum absolute atomic E-state index is 13.0. The van der Waals surface area contributed by atoms with Gasteiger partial charge in [-0.3, -0.25) is 14.3 Å². The zero-order valence-corrected chi connectivity index (χ0v) is 15.1. The number of rotatable bonds is 4. The average Bonchev–Trinajstić information content (AvgIpc) is 3.07. The van der Waals surface area contributed by atoms with Crippen LogP contribution < -0.4 is 5.43 Å². The van der Waals surface area contributed by atoms with Crippen molar-refractivity contribution in [3.05, 3.63) is 40.7 Å². The number of carbonyl (C=O) groups excluding carboxylic acids is 1. The second kappa shape index (κ2) is 7.13. The molecule has 2 heterocycles. The van der Waals surface area contributed by atoms with Crippen LogP contribution in [0.2, 0.25) is 0 Å². The fourth-order valence-corrected chi connectivity index (χ4v) is 4.71. The van der Waals surface area contributed by atoms with Crippen LogP contribution >= 0.6 is 0 Å². The van der Waals surface area contributed by atoms with Crippen LogP contribution in [0.3, 0.4) is 0 Å². The number of carboxylic acids is 1. The molecular weight excluding hydrogens is 346 g/mol. The molecule has 2 aromatic rings. The zero-order chi connectivity index (χ0) is 19.0. The smallest absolute Gasteiger partial charge is 0.326 e. The Morgan fingerprint density at radius 1 is 1.19 bits per heavy atom. The highest BCUT2D eigenvalue weighted by atomic mass is 16.4. The minimum atomic E-state index is -0.912. The molecule has 1 aliphatic heterocycles. The Bertz CT molecular complexity index is 938. The number of aliphatic carboxylic acids is 1. The van der Waals surface area contributed by atoms with Crippen LogP contribution in [0.25, 0.3) is 10.9 Å². The molecule has 7 nitrogen and oxygen atoms in total. The predicted octanol–water partition coefficient (Wildman–Crippen LogP) is 2.03. The van der Waals surface area contributed by atoms with Crippen molar-refractivity contribution in [1.82, 2.24) is 14.7 Å². The van der Waals surface area contributed by atoms with E-state index >= 15 is 0 Å². The highest BCUT2D eigenvalue weighted by Crippen LogP contribution is 2.40. The molecule has 3 atom stereocenters. The number of carbonyl (C=O) groups is 2. The van der Waals surface area contributed by atoms with Crippen LogP contribution in [0.4, 0.5) is 0 Å². The van der Waals surface area contributed by atoms with Crippen molar-refractivity contribution in [3.63, 3.8) is 0 Å². The second-order valence-electron chi connectivity index (χ2n) is 7.50. The van der Waals surface area contributed by atoms with Gasteiger partial charge in [0.1, 0.15) is 6.04 Å². The second-order valence-corrected chi connectivity index (χ2v) is 7.50. The third kappa shape index (κ3) is 3.22. The number of benzene rings is 1. The molecule has 2 aliphatic rings. The van der Waals surface area contributed by atoms with Crippen molar-refractivity contribution in [1.29, 1.82) is 0 Å². The number of aromatic nitrogens is 2. The van der Waals surface area contributed by atoms with Crippen LogP contribution in [0, 0.1) is 5.92 Å². The molecule has 1 amide bonds. The first-order valence-electron chi connectivity index (χ1n) is 9.55. The largest absolute Gasteiger partial charge is 0.480 e. The molecule has 0 unspecified atom stereocenters. The molecule has 1 saturated carbocycles. The molecule has 1 saturated heterocycles. The maximum atomic E-state index is 13.0. The van der Waals surface area contributed by atoms with Gasteiger partial charge in [-0.25, -0.2) is 4.79 Å². The summed E-state index contributed by atoms with van der Waals surface area (Å²) in [6.07, 6.45) is 6.05. The van der Waals surface area contributed by atoms with Gasteiger partial charge in [0.25, 0.3) is 0 Å². The van der Waals surface area contributed by atoms with Gasteiger partial charge < -0.3 is 10.0 Å². The van der Waals surface area contributed by atoms with Crippen LogP contribution in [0.5, 0.6) is 0 Å². The number of nitrogens with zero attached hydrogens (tertiary/aromatic N) is 3. The van der Waals surface area contributed by atoms with E-state index in [4.69, 9.17) is 0 Å². The van der Waals surface area contributed by atoms with Crippen LogP contribution in [-0.4, -0.2) is 43.7 Å². The van der Waals surface area contributed by atoms with Gasteiger partial charge in [-0.1, -0.05) is 25.0 Å². The normalized spacial score (nSPS) is 24.7. The summed E-state index contributed by atoms with van der Waals surface area (Å²) in [7, 11) is 0. The molecule has 0 bridgehead atoms. The first-order chi connectivity index (χ1) is 13.1. The summed E-state index contributed by atoms with van der Waals surface area (Å²) in [5.41, 5.74) is 0.535. The van der Waals surface area contributed by atoms with Crippen LogP contribution in [0.15, 0.2) is 35.3 Å². The van der Waals surface area contributed by atoms with Gasteiger partial charge in [0.2, 0.25) is 11.3 Å². The van der Waals surface area contributed by atoms with Crippen LogP contribution in [-0.2, 0) is 16.1 Å². The molecule has 2 fully saturated rings. The standard InChI is InChI=1S/C20H23N3O4/c24-18-12-21-22(16-8-4-2-6-14(16)18)10-9-19(25)23-15-7-3-1-5-13(15)11-17(23)20(26)27/h2,4,6,8,12-13,15,17H,1,3,5,7,9-11H2,(H,26,27)/t13-,15-,17-/m0/s1. The summed E-state index contributed by atoms with van der Waals surface area (Å²) in [5.74, 6) is -0.749. The van der Waals surface area contributed by atoms with Gasteiger partial charge in [0, 0.05) is 17.8 Å². The molecule has 142 valence electrons. The molecule has 1 aliphatic carbocycles. The van der Waals surface area contributed by atoms with Gasteiger partial charge in [-0.05, 0) is 37.3 Å². The summed E-state index contributed by atoms with van der Waals surface area (Å²) < 4.78 is 1.65. The van der Waals surface area contributed by atoms with Crippen molar-refractivity contribution in [2.75, 3.05) is 0 Å².